The zero-order chi connectivity index (χ0) is 24.8. The van der Waals surface area contributed by atoms with Crippen molar-refractivity contribution in [1.29, 1.82) is 0 Å². The van der Waals surface area contributed by atoms with Gasteiger partial charge in [-0.2, -0.15) is 0 Å². The Morgan fingerprint density at radius 1 is 0.943 bits per heavy atom. The van der Waals surface area contributed by atoms with Crippen molar-refractivity contribution in [1.82, 2.24) is 14.9 Å². The van der Waals surface area contributed by atoms with Gasteiger partial charge in [-0.25, -0.2) is 9.97 Å². The lowest BCUT2D eigenvalue weighted by Gasteiger charge is -2.23. The summed E-state index contributed by atoms with van der Waals surface area (Å²) in [6.45, 7) is 0.671. The highest BCUT2D eigenvalue weighted by Gasteiger charge is 2.23. The van der Waals surface area contributed by atoms with E-state index in [0.717, 1.165) is 11.1 Å². The zero-order valence-corrected chi connectivity index (χ0v) is 19.7. The van der Waals surface area contributed by atoms with Gasteiger partial charge in [0, 0.05) is 32.4 Å². The molecule has 2 N–H and O–H groups in total. The first-order valence-corrected chi connectivity index (χ1v) is 11.3. The number of aromatic nitrogens is 2. The van der Waals surface area contributed by atoms with E-state index in [1.54, 1.807) is 25.4 Å². The van der Waals surface area contributed by atoms with Crippen LogP contribution in [0.25, 0.3) is 11.3 Å². The van der Waals surface area contributed by atoms with Crippen molar-refractivity contribution in [2.45, 2.75) is 12.6 Å². The monoisotopic (exact) mass is 468 g/mol. The Kier molecular flexibility index (Phi) is 7.38. The average molecular weight is 469 g/mol. The van der Waals surface area contributed by atoms with Gasteiger partial charge < -0.3 is 20.0 Å². The average Bonchev–Trinajstić information content (AvgIpc) is 2.89. The predicted molar refractivity (Wildman–Crippen MR) is 136 cm³/mol. The Hall–Kier alpha value is -4.23. The molecule has 0 spiro atoms. The zero-order valence-electron chi connectivity index (χ0n) is 19.7. The van der Waals surface area contributed by atoms with E-state index in [1.807, 2.05) is 72.6 Å². The van der Waals surface area contributed by atoms with Crippen LogP contribution in [0.1, 0.15) is 27.6 Å². The number of phenols is 1. The lowest BCUT2D eigenvalue weighted by molar-refractivity contribution is 0.0681. The second-order valence-corrected chi connectivity index (χ2v) is 8.44. The van der Waals surface area contributed by atoms with Crippen LogP contribution in [0.2, 0.25) is 0 Å². The Balaban J connectivity index is 1.61. The molecule has 0 saturated carbocycles. The third-order valence-electron chi connectivity index (χ3n) is 5.71. The minimum absolute atomic E-state index is 0.0478. The lowest BCUT2D eigenvalue weighted by Crippen LogP contribution is -2.32. The number of benzene rings is 3. The summed E-state index contributed by atoms with van der Waals surface area (Å²) in [6.07, 6.45) is 0.597. The van der Waals surface area contributed by atoms with Crippen molar-refractivity contribution in [3.8, 4) is 17.0 Å². The van der Waals surface area contributed by atoms with Crippen molar-refractivity contribution in [2.75, 3.05) is 25.5 Å². The lowest BCUT2D eigenvalue weighted by atomic mass is 10.1. The highest BCUT2D eigenvalue weighted by Crippen LogP contribution is 2.26. The number of carbonyl (C=O) groups is 1. The van der Waals surface area contributed by atoms with Crippen LogP contribution in [0.4, 0.5) is 5.95 Å². The van der Waals surface area contributed by atoms with E-state index >= 15 is 0 Å². The highest BCUT2D eigenvalue weighted by atomic mass is 16.3. The van der Waals surface area contributed by atoms with Crippen LogP contribution in [0.5, 0.6) is 5.75 Å². The molecule has 7 heteroatoms. The van der Waals surface area contributed by atoms with E-state index in [-0.39, 0.29) is 18.2 Å². The summed E-state index contributed by atoms with van der Waals surface area (Å²) in [7, 11) is 3.54. The van der Waals surface area contributed by atoms with Crippen LogP contribution in [0.15, 0.2) is 91.1 Å². The predicted octanol–water partition coefficient (Wildman–Crippen LogP) is 4.29. The maximum absolute atomic E-state index is 13.4. The minimum atomic E-state index is -0.951. The molecule has 1 heterocycles. The second kappa shape index (κ2) is 10.8. The van der Waals surface area contributed by atoms with Gasteiger partial charge in [0.2, 0.25) is 5.95 Å². The molecule has 0 bridgehead atoms. The van der Waals surface area contributed by atoms with Crippen molar-refractivity contribution >= 4 is 11.9 Å². The Morgan fingerprint density at radius 2 is 1.63 bits per heavy atom. The molecule has 1 aromatic heterocycles. The van der Waals surface area contributed by atoms with Gasteiger partial charge in [-0.3, -0.25) is 4.79 Å². The van der Waals surface area contributed by atoms with Gasteiger partial charge in [0.25, 0.3) is 5.91 Å². The number of rotatable bonds is 8. The number of nitrogens with zero attached hydrogens (tertiary/aromatic N) is 4. The maximum atomic E-state index is 13.4. The molecule has 0 aliphatic carbocycles. The molecule has 3 aromatic carbocycles. The van der Waals surface area contributed by atoms with E-state index in [2.05, 4.69) is 4.98 Å². The molecule has 1 atom stereocenters. The largest absolute Gasteiger partial charge is 0.508 e. The minimum Gasteiger partial charge on any atom is -0.508 e. The Labute approximate surface area is 205 Å². The number of hydrogen-bond acceptors (Lipinski definition) is 6. The SMILES string of the molecule is CN(CC(O)c1cccc(O)c1)C(=O)c1cnc(N(C)Cc2ccccc2)nc1-c1ccccc1. The fourth-order valence-corrected chi connectivity index (χ4v) is 3.84. The van der Waals surface area contributed by atoms with Gasteiger partial charge >= 0.3 is 0 Å². The van der Waals surface area contributed by atoms with E-state index in [9.17, 15) is 15.0 Å². The van der Waals surface area contributed by atoms with Crippen molar-refractivity contribution in [3.05, 3.63) is 108 Å². The van der Waals surface area contributed by atoms with Gasteiger partial charge in [-0.15, -0.1) is 0 Å². The molecule has 7 nitrogen and oxygen atoms in total. The van der Waals surface area contributed by atoms with E-state index in [1.165, 1.54) is 17.0 Å². The molecule has 1 unspecified atom stereocenters. The van der Waals surface area contributed by atoms with Crippen LogP contribution >= 0.6 is 0 Å². The standard InChI is InChI=1S/C28H28N4O3/c1-31(19-25(34)22-14-9-15-23(33)16-22)27(35)24-17-29-28(30-26(24)21-12-7-4-8-13-21)32(2)18-20-10-5-3-6-11-20/h3-17,25,33-34H,18-19H2,1-2H3. The third kappa shape index (κ3) is 5.83. The number of aliphatic hydroxyl groups excluding tert-OH is 1. The summed E-state index contributed by atoms with van der Waals surface area (Å²) in [6, 6.07) is 25.9. The van der Waals surface area contributed by atoms with Crippen molar-refractivity contribution in [3.63, 3.8) is 0 Å². The Morgan fingerprint density at radius 3 is 2.31 bits per heavy atom. The molecule has 35 heavy (non-hydrogen) atoms. The van der Waals surface area contributed by atoms with Crippen LogP contribution in [0, 0.1) is 0 Å². The topological polar surface area (TPSA) is 89.8 Å². The van der Waals surface area contributed by atoms with E-state index in [4.69, 9.17) is 4.98 Å². The third-order valence-corrected chi connectivity index (χ3v) is 5.71. The maximum Gasteiger partial charge on any atom is 0.257 e. The van der Waals surface area contributed by atoms with Gasteiger partial charge in [0.15, 0.2) is 0 Å². The molecule has 0 saturated heterocycles. The quantitative estimate of drug-likeness (QED) is 0.401. The number of amides is 1. The summed E-state index contributed by atoms with van der Waals surface area (Å²) in [5.74, 6) is 0.262. The van der Waals surface area contributed by atoms with Gasteiger partial charge in [0.05, 0.1) is 23.9 Å². The van der Waals surface area contributed by atoms with Gasteiger partial charge in [-0.1, -0.05) is 72.8 Å². The number of phenolic OH excluding ortho intramolecular Hbond substituents is 1. The highest BCUT2D eigenvalue weighted by molar-refractivity contribution is 5.99. The van der Waals surface area contributed by atoms with E-state index in [0.29, 0.717) is 29.3 Å². The molecule has 178 valence electrons. The molecule has 0 aliphatic heterocycles. The van der Waals surface area contributed by atoms with Crippen LogP contribution in [-0.2, 0) is 6.54 Å². The fraction of sp³-hybridized carbons (Fsp3) is 0.179. The molecule has 0 aliphatic rings. The first-order valence-electron chi connectivity index (χ1n) is 11.3. The summed E-state index contributed by atoms with van der Waals surface area (Å²) in [5, 5.41) is 20.3. The van der Waals surface area contributed by atoms with Gasteiger partial charge in [-0.05, 0) is 23.3 Å². The number of anilines is 1. The summed E-state index contributed by atoms with van der Waals surface area (Å²) in [4.78, 5) is 26.0. The van der Waals surface area contributed by atoms with Gasteiger partial charge in [0.1, 0.15) is 5.75 Å². The van der Waals surface area contributed by atoms with Crippen LogP contribution in [-0.4, -0.2) is 51.6 Å². The first-order chi connectivity index (χ1) is 16.9. The Bertz CT molecular complexity index is 1280. The molecular formula is C28H28N4O3. The number of hydrogen-bond donors (Lipinski definition) is 2. The fourth-order valence-electron chi connectivity index (χ4n) is 3.84. The number of likely N-dealkylation sites (N-methyl/N-ethyl adjacent to an activating group) is 1. The summed E-state index contributed by atoms with van der Waals surface area (Å²) in [5.41, 5.74) is 3.33. The van der Waals surface area contributed by atoms with E-state index < -0.39 is 6.10 Å². The number of carbonyl (C=O) groups excluding carboxylic acids is 1. The summed E-state index contributed by atoms with van der Waals surface area (Å²) < 4.78 is 0. The van der Waals surface area contributed by atoms with Crippen molar-refractivity contribution in [2.24, 2.45) is 0 Å². The normalized spacial score (nSPS) is 11.6. The number of aromatic hydroxyl groups is 1. The van der Waals surface area contributed by atoms with Crippen LogP contribution < -0.4 is 4.90 Å². The first kappa shape index (κ1) is 23.9. The molecule has 1 amide bonds. The summed E-state index contributed by atoms with van der Waals surface area (Å²) >= 11 is 0. The molecule has 4 aromatic rings. The molecular weight excluding hydrogens is 440 g/mol. The smallest absolute Gasteiger partial charge is 0.257 e. The molecule has 4 rings (SSSR count). The van der Waals surface area contributed by atoms with Crippen LogP contribution in [0.3, 0.4) is 0 Å². The molecule has 0 fully saturated rings. The molecule has 0 radical (unpaired) electrons. The van der Waals surface area contributed by atoms with Crippen molar-refractivity contribution < 1.29 is 15.0 Å². The second-order valence-electron chi connectivity index (χ2n) is 8.44. The number of aliphatic hydroxyl groups is 1.